The summed E-state index contributed by atoms with van der Waals surface area (Å²) in [5.41, 5.74) is 2.73. The monoisotopic (exact) mass is 190 g/mol. The lowest BCUT2D eigenvalue weighted by atomic mass is 10.1. The van der Waals surface area contributed by atoms with E-state index in [2.05, 4.69) is 13.2 Å². The summed E-state index contributed by atoms with van der Waals surface area (Å²) in [4.78, 5) is 11.2. The fraction of sp³-hybridized carbons (Fsp3) is 0.308. The van der Waals surface area contributed by atoms with Gasteiger partial charge in [-0.05, 0) is 25.5 Å². The van der Waals surface area contributed by atoms with E-state index in [1.165, 1.54) is 0 Å². The average molecular weight is 190 g/mol. The fourth-order valence-corrected chi connectivity index (χ4v) is 0.821. The van der Waals surface area contributed by atoms with Crippen LogP contribution in [0.4, 0.5) is 0 Å². The summed E-state index contributed by atoms with van der Waals surface area (Å²) in [5, 5.41) is 0. The Morgan fingerprint density at radius 2 is 1.79 bits per heavy atom. The van der Waals surface area contributed by atoms with Gasteiger partial charge in [0.25, 0.3) is 0 Å². The lowest BCUT2D eigenvalue weighted by Crippen LogP contribution is -1.91. The van der Waals surface area contributed by atoms with Crippen LogP contribution in [0.15, 0.2) is 48.1 Å². The SMILES string of the molecule is C=C(C)/C=C\C(=C\C(=O)CC)C(=C)C. The molecular formula is C13H18O. The van der Waals surface area contributed by atoms with E-state index in [4.69, 9.17) is 0 Å². The van der Waals surface area contributed by atoms with Crippen LogP contribution in [-0.4, -0.2) is 5.78 Å². The molecule has 0 radical (unpaired) electrons. The van der Waals surface area contributed by atoms with Crippen molar-refractivity contribution in [2.24, 2.45) is 0 Å². The lowest BCUT2D eigenvalue weighted by molar-refractivity contribution is -0.114. The van der Waals surface area contributed by atoms with Crippen molar-refractivity contribution in [3.8, 4) is 0 Å². The van der Waals surface area contributed by atoms with Crippen LogP contribution in [0.1, 0.15) is 27.2 Å². The van der Waals surface area contributed by atoms with Gasteiger partial charge in [0.05, 0.1) is 0 Å². The van der Waals surface area contributed by atoms with Gasteiger partial charge in [-0.25, -0.2) is 0 Å². The highest BCUT2D eigenvalue weighted by atomic mass is 16.1. The summed E-state index contributed by atoms with van der Waals surface area (Å²) in [5.74, 6) is 0.120. The van der Waals surface area contributed by atoms with Gasteiger partial charge in [-0.3, -0.25) is 4.79 Å². The quantitative estimate of drug-likeness (QED) is 0.478. The van der Waals surface area contributed by atoms with Crippen molar-refractivity contribution in [1.29, 1.82) is 0 Å². The molecule has 0 amide bonds. The van der Waals surface area contributed by atoms with Gasteiger partial charge in [0.1, 0.15) is 0 Å². The molecule has 0 rings (SSSR count). The van der Waals surface area contributed by atoms with Gasteiger partial charge < -0.3 is 0 Å². The maximum Gasteiger partial charge on any atom is 0.156 e. The molecule has 0 bridgehead atoms. The Morgan fingerprint density at radius 1 is 1.21 bits per heavy atom. The molecule has 0 aromatic rings. The van der Waals surface area contributed by atoms with Crippen molar-refractivity contribution in [2.75, 3.05) is 0 Å². The Bertz CT molecular complexity index is 303. The van der Waals surface area contributed by atoms with Crippen molar-refractivity contribution >= 4 is 5.78 Å². The van der Waals surface area contributed by atoms with Crippen molar-refractivity contribution in [1.82, 2.24) is 0 Å². The summed E-state index contributed by atoms with van der Waals surface area (Å²) in [6.45, 7) is 13.2. The van der Waals surface area contributed by atoms with Crippen molar-refractivity contribution < 1.29 is 4.79 Å². The molecular weight excluding hydrogens is 172 g/mol. The van der Waals surface area contributed by atoms with Crippen LogP contribution in [0.2, 0.25) is 0 Å². The Hall–Kier alpha value is -1.37. The number of allylic oxidation sites excluding steroid dienone is 6. The van der Waals surface area contributed by atoms with Gasteiger partial charge in [-0.1, -0.05) is 43.4 Å². The molecule has 0 aromatic carbocycles. The summed E-state index contributed by atoms with van der Waals surface area (Å²) >= 11 is 0. The third-order valence-electron chi connectivity index (χ3n) is 1.71. The first kappa shape index (κ1) is 12.6. The van der Waals surface area contributed by atoms with E-state index in [0.29, 0.717) is 6.42 Å². The largest absolute Gasteiger partial charge is 0.295 e. The second-order valence-electron chi connectivity index (χ2n) is 3.38. The summed E-state index contributed by atoms with van der Waals surface area (Å²) in [6, 6.07) is 0. The molecule has 0 atom stereocenters. The van der Waals surface area contributed by atoms with E-state index in [1.54, 1.807) is 6.08 Å². The summed E-state index contributed by atoms with van der Waals surface area (Å²) < 4.78 is 0. The standard InChI is InChI=1S/C13H18O/c1-6-13(14)9-12(11(4)5)8-7-10(2)3/h7-9H,2,4,6H2,1,3,5H3/b8-7-,12-9-. The van der Waals surface area contributed by atoms with Gasteiger partial charge in [0.15, 0.2) is 5.78 Å². The minimum atomic E-state index is 0.120. The van der Waals surface area contributed by atoms with E-state index >= 15 is 0 Å². The molecule has 1 nitrogen and oxygen atoms in total. The third-order valence-corrected chi connectivity index (χ3v) is 1.71. The van der Waals surface area contributed by atoms with Crippen LogP contribution in [0.3, 0.4) is 0 Å². The van der Waals surface area contributed by atoms with Crippen molar-refractivity contribution in [2.45, 2.75) is 27.2 Å². The van der Waals surface area contributed by atoms with E-state index in [0.717, 1.165) is 16.7 Å². The normalized spacial score (nSPS) is 11.8. The topological polar surface area (TPSA) is 17.1 Å². The number of carbonyl (C=O) groups is 1. The Morgan fingerprint density at radius 3 is 2.14 bits per heavy atom. The van der Waals surface area contributed by atoms with Crippen LogP contribution >= 0.6 is 0 Å². The Balaban J connectivity index is 4.78. The van der Waals surface area contributed by atoms with Gasteiger partial charge in [-0.15, -0.1) is 0 Å². The summed E-state index contributed by atoms with van der Waals surface area (Å²) in [6.07, 6.45) is 5.90. The molecule has 1 heteroatoms. The molecule has 76 valence electrons. The molecule has 14 heavy (non-hydrogen) atoms. The van der Waals surface area contributed by atoms with Crippen LogP contribution in [0.25, 0.3) is 0 Å². The van der Waals surface area contributed by atoms with Gasteiger partial charge in [-0.2, -0.15) is 0 Å². The van der Waals surface area contributed by atoms with Crippen LogP contribution in [0, 0.1) is 0 Å². The van der Waals surface area contributed by atoms with E-state index in [1.807, 2.05) is 32.9 Å². The highest BCUT2D eigenvalue weighted by molar-refractivity contribution is 5.91. The number of hydrogen-bond donors (Lipinski definition) is 0. The first-order valence-electron chi connectivity index (χ1n) is 4.71. The highest BCUT2D eigenvalue weighted by Gasteiger charge is 1.97. The van der Waals surface area contributed by atoms with Gasteiger partial charge in [0.2, 0.25) is 0 Å². The maximum absolute atomic E-state index is 11.2. The molecule has 0 aromatic heterocycles. The molecule has 0 aliphatic rings. The van der Waals surface area contributed by atoms with E-state index < -0.39 is 0 Å². The van der Waals surface area contributed by atoms with E-state index in [-0.39, 0.29) is 5.78 Å². The number of carbonyl (C=O) groups excluding carboxylic acids is 1. The number of ketones is 1. The zero-order valence-corrected chi connectivity index (χ0v) is 9.26. The van der Waals surface area contributed by atoms with Crippen LogP contribution < -0.4 is 0 Å². The Labute approximate surface area is 86.5 Å². The molecule has 0 aliphatic heterocycles. The van der Waals surface area contributed by atoms with Gasteiger partial charge in [0, 0.05) is 6.42 Å². The Kier molecular flexibility index (Phi) is 5.54. The average Bonchev–Trinajstić information content (AvgIpc) is 2.10. The molecule has 0 saturated carbocycles. The van der Waals surface area contributed by atoms with Crippen molar-refractivity contribution in [3.63, 3.8) is 0 Å². The molecule has 0 saturated heterocycles. The summed E-state index contributed by atoms with van der Waals surface area (Å²) in [7, 11) is 0. The number of rotatable bonds is 5. The molecule has 0 N–H and O–H groups in total. The predicted octanol–water partition coefficient (Wildman–Crippen LogP) is 3.60. The molecule has 0 fully saturated rings. The minimum Gasteiger partial charge on any atom is -0.295 e. The minimum absolute atomic E-state index is 0.120. The fourth-order valence-electron chi connectivity index (χ4n) is 0.821. The molecule has 0 unspecified atom stereocenters. The second kappa shape index (κ2) is 6.14. The third kappa shape index (κ3) is 5.31. The lowest BCUT2D eigenvalue weighted by Gasteiger charge is -1.99. The van der Waals surface area contributed by atoms with Crippen LogP contribution in [-0.2, 0) is 4.79 Å². The first-order chi connectivity index (χ1) is 6.47. The molecule has 0 aliphatic carbocycles. The zero-order chi connectivity index (χ0) is 11.1. The highest BCUT2D eigenvalue weighted by Crippen LogP contribution is 2.10. The smallest absolute Gasteiger partial charge is 0.156 e. The molecule has 0 spiro atoms. The number of hydrogen-bond acceptors (Lipinski definition) is 1. The first-order valence-corrected chi connectivity index (χ1v) is 4.71. The van der Waals surface area contributed by atoms with Crippen molar-refractivity contribution in [3.05, 3.63) is 48.1 Å². The second-order valence-corrected chi connectivity index (χ2v) is 3.38. The molecule has 0 heterocycles. The zero-order valence-electron chi connectivity index (χ0n) is 9.26. The van der Waals surface area contributed by atoms with E-state index in [9.17, 15) is 4.79 Å². The van der Waals surface area contributed by atoms with Gasteiger partial charge >= 0.3 is 0 Å². The predicted molar refractivity (Wildman–Crippen MR) is 62.1 cm³/mol. The van der Waals surface area contributed by atoms with Crippen LogP contribution in [0.5, 0.6) is 0 Å². The maximum atomic E-state index is 11.2.